The Labute approximate surface area is 109 Å². The van der Waals surface area contributed by atoms with E-state index in [2.05, 4.69) is 43.4 Å². The molecular weight excluding hydrogens is 230 g/mol. The van der Waals surface area contributed by atoms with Crippen molar-refractivity contribution in [3.63, 3.8) is 0 Å². The van der Waals surface area contributed by atoms with Crippen LogP contribution in [-0.2, 0) is 6.54 Å². The molecule has 0 fully saturated rings. The summed E-state index contributed by atoms with van der Waals surface area (Å²) in [4.78, 5) is 1.32. The number of unbranched alkanes of at least 4 members (excludes halogenated alkanes) is 1. The standard InChI is InChI=1S/C14H23NOS/c1-12(2)15-11-13-6-5-7-14(10-13)17-9-4-3-8-16/h5-7,10,12,15-16H,3-4,8-9,11H2,1-2H3. The molecule has 0 spiro atoms. The molecular formula is C14H23NOS. The number of aliphatic hydroxyl groups is 1. The third kappa shape index (κ3) is 6.71. The summed E-state index contributed by atoms with van der Waals surface area (Å²) in [5, 5.41) is 12.1. The molecule has 3 heteroatoms. The van der Waals surface area contributed by atoms with Crippen LogP contribution in [0.4, 0.5) is 0 Å². The summed E-state index contributed by atoms with van der Waals surface area (Å²) in [6.07, 6.45) is 1.98. The third-order valence-corrected chi connectivity index (χ3v) is 3.51. The molecule has 0 aliphatic rings. The lowest BCUT2D eigenvalue weighted by Gasteiger charge is -2.09. The molecule has 0 saturated heterocycles. The van der Waals surface area contributed by atoms with Crippen molar-refractivity contribution in [1.82, 2.24) is 5.32 Å². The number of hydrogen-bond donors (Lipinski definition) is 2. The van der Waals surface area contributed by atoms with Gasteiger partial charge in [0, 0.05) is 24.1 Å². The maximum atomic E-state index is 8.71. The number of rotatable bonds is 8. The van der Waals surface area contributed by atoms with Gasteiger partial charge in [0.05, 0.1) is 0 Å². The first kappa shape index (κ1) is 14.6. The number of nitrogens with one attached hydrogen (secondary N) is 1. The number of hydrogen-bond acceptors (Lipinski definition) is 3. The molecule has 1 aromatic carbocycles. The Morgan fingerprint density at radius 2 is 2.12 bits per heavy atom. The highest BCUT2D eigenvalue weighted by atomic mass is 32.2. The molecule has 0 heterocycles. The Bertz CT molecular complexity index is 315. The van der Waals surface area contributed by atoms with Gasteiger partial charge in [0.1, 0.15) is 0 Å². The predicted molar refractivity (Wildman–Crippen MR) is 75.5 cm³/mol. The van der Waals surface area contributed by atoms with E-state index in [9.17, 15) is 0 Å². The molecule has 0 amide bonds. The van der Waals surface area contributed by atoms with Crippen molar-refractivity contribution in [1.29, 1.82) is 0 Å². The first-order valence-corrected chi connectivity index (χ1v) is 7.27. The van der Waals surface area contributed by atoms with E-state index in [0.717, 1.165) is 25.1 Å². The van der Waals surface area contributed by atoms with Crippen molar-refractivity contribution in [2.24, 2.45) is 0 Å². The van der Waals surface area contributed by atoms with E-state index < -0.39 is 0 Å². The van der Waals surface area contributed by atoms with Crippen LogP contribution in [0.25, 0.3) is 0 Å². The van der Waals surface area contributed by atoms with E-state index in [4.69, 9.17) is 5.11 Å². The molecule has 2 N–H and O–H groups in total. The lowest BCUT2D eigenvalue weighted by molar-refractivity contribution is 0.287. The fraction of sp³-hybridized carbons (Fsp3) is 0.571. The fourth-order valence-electron chi connectivity index (χ4n) is 1.47. The van der Waals surface area contributed by atoms with Crippen LogP contribution in [-0.4, -0.2) is 23.5 Å². The second-order valence-electron chi connectivity index (χ2n) is 4.46. The van der Waals surface area contributed by atoms with Gasteiger partial charge in [-0.15, -0.1) is 11.8 Å². The zero-order valence-corrected chi connectivity index (χ0v) is 11.6. The van der Waals surface area contributed by atoms with Gasteiger partial charge in [-0.3, -0.25) is 0 Å². The topological polar surface area (TPSA) is 32.3 Å². The summed E-state index contributed by atoms with van der Waals surface area (Å²) in [6, 6.07) is 9.20. The lowest BCUT2D eigenvalue weighted by atomic mass is 10.2. The zero-order chi connectivity index (χ0) is 12.5. The first-order valence-electron chi connectivity index (χ1n) is 6.28. The largest absolute Gasteiger partial charge is 0.396 e. The lowest BCUT2D eigenvalue weighted by Crippen LogP contribution is -2.21. The minimum absolute atomic E-state index is 0.304. The minimum Gasteiger partial charge on any atom is -0.396 e. The molecule has 0 radical (unpaired) electrons. The van der Waals surface area contributed by atoms with Gasteiger partial charge >= 0.3 is 0 Å². The van der Waals surface area contributed by atoms with E-state index >= 15 is 0 Å². The van der Waals surface area contributed by atoms with Gasteiger partial charge < -0.3 is 10.4 Å². The van der Waals surface area contributed by atoms with Gasteiger partial charge in [0.15, 0.2) is 0 Å². The molecule has 0 saturated carbocycles. The van der Waals surface area contributed by atoms with Crippen molar-refractivity contribution < 1.29 is 5.11 Å². The molecule has 0 aliphatic carbocycles. The highest BCUT2D eigenvalue weighted by molar-refractivity contribution is 7.99. The van der Waals surface area contributed by atoms with Crippen LogP contribution in [0.1, 0.15) is 32.3 Å². The number of benzene rings is 1. The summed E-state index contributed by atoms with van der Waals surface area (Å²) in [5.74, 6) is 1.08. The van der Waals surface area contributed by atoms with Crippen molar-refractivity contribution in [3.05, 3.63) is 29.8 Å². The Balaban J connectivity index is 2.37. The van der Waals surface area contributed by atoms with Crippen molar-refractivity contribution in [2.75, 3.05) is 12.4 Å². The van der Waals surface area contributed by atoms with Gasteiger partial charge in [-0.25, -0.2) is 0 Å². The fourth-order valence-corrected chi connectivity index (χ4v) is 2.46. The van der Waals surface area contributed by atoms with E-state index in [1.807, 2.05) is 11.8 Å². The van der Waals surface area contributed by atoms with Crippen molar-refractivity contribution >= 4 is 11.8 Å². The molecule has 0 atom stereocenters. The molecule has 17 heavy (non-hydrogen) atoms. The van der Waals surface area contributed by atoms with Crippen LogP contribution in [0.2, 0.25) is 0 Å². The van der Waals surface area contributed by atoms with Crippen LogP contribution in [0.15, 0.2) is 29.2 Å². The maximum Gasteiger partial charge on any atom is 0.0431 e. The average Bonchev–Trinajstić information content (AvgIpc) is 2.33. The Morgan fingerprint density at radius 1 is 1.29 bits per heavy atom. The third-order valence-electron chi connectivity index (χ3n) is 2.43. The molecule has 0 aromatic heterocycles. The highest BCUT2D eigenvalue weighted by Crippen LogP contribution is 2.20. The SMILES string of the molecule is CC(C)NCc1cccc(SCCCCO)c1. The highest BCUT2D eigenvalue weighted by Gasteiger charge is 1.98. The molecule has 0 bridgehead atoms. The normalized spacial score (nSPS) is 11.1. The van der Waals surface area contributed by atoms with Gasteiger partial charge in [0.2, 0.25) is 0 Å². The van der Waals surface area contributed by atoms with Crippen LogP contribution < -0.4 is 5.32 Å². The Hall–Kier alpha value is -0.510. The zero-order valence-electron chi connectivity index (χ0n) is 10.8. The summed E-state index contributed by atoms with van der Waals surface area (Å²) < 4.78 is 0. The molecule has 1 rings (SSSR count). The van der Waals surface area contributed by atoms with E-state index in [0.29, 0.717) is 12.6 Å². The maximum absolute atomic E-state index is 8.71. The summed E-state index contributed by atoms with van der Waals surface area (Å²) in [7, 11) is 0. The first-order chi connectivity index (χ1) is 8.22. The molecule has 2 nitrogen and oxygen atoms in total. The molecule has 1 aromatic rings. The summed E-state index contributed by atoms with van der Waals surface area (Å²) >= 11 is 1.87. The molecule has 0 aliphatic heterocycles. The van der Waals surface area contributed by atoms with E-state index in [-0.39, 0.29) is 0 Å². The van der Waals surface area contributed by atoms with Gasteiger partial charge in [-0.1, -0.05) is 26.0 Å². The second kappa shape index (κ2) is 8.56. The van der Waals surface area contributed by atoms with Crippen LogP contribution in [0.3, 0.4) is 0 Å². The predicted octanol–water partition coefficient (Wildman–Crippen LogP) is 3.05. The number of thioether (sulfide) groups is 1. The van der Waals surface area contributed by atoms with Crippen molar-refractivity contribution in [3.8, 4) is 0 Å². The summed E-state index contributed by atoms with van der Waals surface area (Å²) in [6.45, 7) is 5.56. The van der Waals surface area contributed by atoms with Gasteiger partial charge in [-0.05, 0) is 36.3 Å². The average molecular weight is 253 g/mol. The monoisotopic (exact) mass is 253 g/mol. The quantitative estimate of drug-likeness (QED) is 0.552. The smallest absolute Gasteiger partial charge is 0.0431 e. The van der Waals surface area contributed by atoms with E-state index in [1.54, 1.807) is 0 Å². The summed E-state index contributed by atoms with van der Waals surface area (Å²) in [5.41, 5.74) is 1.34. The molecule has 0 unspecified atom stereocenters. The van der Waals surface area contributed by atoms with Gasteiger partial charge in [-0.2, -0.15) is 0 Å². The minimum atomic E-state index is 0.304. The Morgan fingerprint density at radius 3 is 2.82 bits per heavy atom. The van der Waals surface area contributed by atoms with Crippen molar-refractivity contribution in [2.45, 2.75) is 44.2 Å². The van der Waals surface area contributed by atoms with Gasteiger partial charge in [0.25, 0.3) is 0 Å². The van der Waals surface area contributed by atoms with Crippen LogP contribution >= 0.6 is 11.8 Å². The van der Waals surface area contributed by atoms with Crippen LogP contribution in [0.5, 0.6) is 0 Å². The van der Waals surface area contributed by atoms with Crippen LogP contribution in [0, 0.1) is 0 Å². The second-order valence-corrected chi connectivity index (χ2v) is 5.63. The Kier molecular flexibility index (Phi) is 7.33. The van der Waals surface area contributed by atoms with E-state index in [1.165, 1.54) is 10.5 Å². The number of aliphatic hydroxyl groups excluding tert-OH is 1. The molecule has 96 valence electrons.